The lowest BCUT2D eigenvalue weighted by Crippen LogP contribution is -2.34. The summed E-state index contributed by atoms with van der Waals surface area (Å²) in [7, 11) is 0. The molecule has 1 amide bonds. The summed E-state index contributed by atoms with van der Waals surface area (Å²) in [5.74, 6) is -1.48. The normalized spacial score (nSPS) is 15.6. The van der Waals surface area contributed by atoms with Crippen LogP contribution >= 0.6 is 0 Å². The van der Waals surface area contributed by atoms with Crippen molar-refractivity contribution in [3.05, 3.63) is 72.2 Å². The molecule has 2 heterocycles. The maximum Gasteiger partial charge on any atom is 0.342 e. The van der Waals surface area contributed by atoms with Crippen LogP contribution in [0.25, 0.3) is 16.9 Å². The molecular weight excluding hydrogens is 401 g/mol. The molecule has 0 spiro atoms. The summed E-state index contributed by atoms with van der Waals surface area (Å²) in [5.41, 5.74) is 1.83. The molecule has 3 aromatic rings. The summed E-state index contributed by atoms with van der Waals surface area (Å²) in [4.78, 5) is 24.8. The molecule has 1 saturated heterocycles. The third kappa shape index (κ3) is 5.16. The van der Waals surface area contributed by atoms with E-state index in [-0.39, 0.29) is 11.7 Å². The van der Waals surface area contributed by atoms with Crippen molar-refractivity contribution in [1.82, 2.24) is 15.1 Å². The number of amides is 1. The first-order valence-corrected chi connectivity index (χ1v) is 10.1. The van der Waals surface area contributed by atoms with Crippen molar-refractivity contribution in [3.63, 3.8) is 0 Å². The average molecular weight is 423 g/mol. The number of nitrogens with one attached hydrogen (secondary N) is 1. The molecule has 1 fully saturated rings. The van der Waals surface area contributed by atoms with Gasteiger partial charge in [-0.1, -0.05) is 18.2 Å². The van der Waals surface area contributed by atoms with Gasteiger partial charge < -0.3 is 14.8 Å². The van der Waals surface area contributed by atoms with Crippen LogP contribution in [-0.4, -0.2) is 47.5 Å². The molecule has 2 aromatic carbocycles. The lowest BCUT2D eigenvalue weighted by Gasteiger charge is -2.11. The number of benzene rings is 2. The Morgan fingerprint density at radius 3 is 2.65 bits per heavy atom. The number of ether oxygens (including phenoxy) is 2. The van der Waals surface area contributed by atoms with Crippen molar-refractivity contribution in [2.24, 2.45) is 0 Å². The van der Waals surface area contributed by atoms with Gasteiger partial charge in [0.05, 0.1) is 11.8 Å². The lowest BCUT2D eigenvalue weighted by molar-refractivity contribution is -0.124. The smallest absolute Gasteiger partial charge is 0.342 e. The largest absolute Gasteiger partial charge is 0.452 e. The molecule has 0 bridgehead atoms. The predicted octanol–water partition coefficient (Wildman–Crippen LogP) is 3.13. The molecule has 31 heavy (non-hydrogen) atoms. The number of nitrogens with zero attached hydrogens (tertiary/aromatic N) is 2. The Morgan fingerprint density at radius 1 is 1.16 bits per heavy atom. The molecular formula is C23H22FN3O4. The molecule has 0 aliphatic carbocycles. The number of carbonyl (C=O) groups is 2. The SMILES string of the molecule is O=C(COC(=O)c1cn(-c2ccccc2)nc1-c1ccc(F)cc1)NCC1CCCO1. The van der Waals surface area contributed by atoms with E-state index in [0.29, 0.717) is 24.4 Å². The number of esters is 1. The van der Waals surface area contributed by atoms with E-state index in [1.54, 1.807) is 10.9 Å². The van der Waals surface area contributed by atoms with Gasteiger partial charge in [-0.25, -0.2) is 13.9 Å². The maximum absolute atomic E-state index is 13.4. The molecule has 1 aliphatic rings. The lowest BCUT2D eigenvalue weighted by atomic mass is 10.1. The van der Waals surface area contributed by atoms with E-state index in [0.717, 1.165) is 18.5 Å². The molecule has 1 aliphatic heterocycles. The standard InChI is InChI=1S/C23H22FN3O4/c24-17-10-8-16(9-11-17)22-20(14-27(26-22)18-5-2-1-3-6-18)23(29)31-15-21(28)25-13-19-7-4-12-30-19/h1-3,5-6,8-11,14,19H,4,7,12-13,15H2,(H,25,28). The van der Waals surface area contributed by atoms with E-state index in [1.807, 2.05) is 30.3 Å². The van der Waals surface area contributed by atoms with Gasteiger partial charge in [0.25, 0.3) is 5.91 Å². The Kier molecular flexibility index (Phi) is 6.37. The predicted molar refractivity (Wildman–Crippen MR) is 111 cm³/mol. The van der Waals surface area contributed by atoms with Gasteiger partial charge >= 0.3 is 5.97 Å². The van der Waals surface area contributed by atoms with Crippen LogP contribution in [0.1, 0.15) is 23.2 Å². The summed E-state index contributed by atoms with van der Waals surface area (Å²) < 4.78 is 25.6. The zero-order chi connectivity index (χ0) is 21.6. The molecule has 1 unspecified atom stereocenters. The first-order valence-electron chi connectivity index (χ1n) is 10.1. The van der Waals surface area contributed by atoms with Crippen molar-refractivity contribution in [3.8, 4) is 16.9 Å². The highest BCUT2D eigenvalue weighted by Gasteiger charge is 2.22. The highest BCUT2D eigenvalue weighted by Crippen LogP contribution is 2.25. The Labute approximate surface area is 178 Å². The van der Waals surface area contributed by atoms with Crippen molar-refractivity contribution < 1.29 is 23.5 Å². The van der Waals surface area contributed by atoms with E-state index in [1.165, 1.54) is 24.3 Å². The van der Waals surface area contributed by atoms with Crippen molar-refractivity contribution in [2.75, 3.05) is 19.8 Å². The van der Waals surface area contributed by atoms with Gasteiger partial charge in [0.1, 0.15) is 17.1 Å². The molecule has 1 N–H and O–H groups in total. The topological polar surface area (TPSA) is 82.5 Å². The Bertz CT molecular complexity index is 1040. The van der Waals surface area contributed by atoms with Crippen LogP contribution < -0.4 is 5.32 Å². The van der Waals surface area contributed by atoms with Gasteiger partial charge in [-0.3, -0.25) is 4.79 Å². The van der Waals surface area contributed by atoms with Crippen molar-refractivity contribution in [2.45, 2.75) is 18.9 Å². The number of carbonyl (C=O) groups excluding carboxylic acids is 2. The number of halogens is 1. The number of rotatable bonds is 7. The van der Waals surface area contributed by atoms with E-state index in [2.05, 4.69) is 10.4 Å². The summed E-state index contributed by atoms with van der Waals surface area (Å²) in [6.07, 6.45) is 3.43. The van der Waals surface area contributed by atoms with E-state index in [4.69, 9.17) is 9.47 Å². The van der Waals surface area contributed by atoms with Crippen LogP contribution in [-0.2, 0) is 14.3 Å². The molecule has 8 heteroatoms. The number of para-hydroxylation sites is 1. The first kappa shape index (κ1) is 20.7. The number of aromatic nitrogens is 2. The van der Waals surface area contributed by atoms with E-state index in [9.17, 15) is 14.0 Å². The fourth-order valence-electron chi connectivity index (χ4n) is 3.35. The van der Waals surface area contributed by atoms with Gasteiger partial charge in [0.2, 0.25) is 0 Å². The fourth-order valence-corrected chi connectivity index (χ4v) is 3.35. The molecule has 160 valence electrons. The van der Waals surface area contributed by atoms with Crippen LogP contribution in [0.5, 0.6) is 0 Å². The zero-order valence-electron chi connectivity index (χ0n) is 16.8. The summed E-state index contributed by atoms with van der Waals surface area (Å²) in [5, 5.41) is 7.20. The van der Waals surface area contributed by atoms with Gasteiger partial charge in [-0.05, 0) is 49.2 Å². The van der Waals surface area contributed by atoms with Crippen LogP contribution in [0, 0.1) is 5.82 Å². The van der Waals surface area contributed by atoms with Gasteiger partial charge in [-0.15, -0.1) is 0 Å². The third-order valence-corrected chi connectivity index (χ3v) is 4.96. The quantitative estimate of drug-likeness (QED) is 0.591. The first-order chi connectivity index (χ1) is 15.1. The van der Waals surface area contributed by atoms with Crippen molar-refractivity contribution in [1.29, 1.82) is 0 Å². The average Bonchev–Trinajstić information content (AvgIpc) is 3.47. The van der Waals surface area contributed by atoms with E-state index >= 15 is 0 Å². The maximum atomic E-state index is 13.4. The van der Waals surface area contributed by atoms with E-state index < -0.39 is 24.3 Å². The van der Waals surface area contributed by atoms with Crippen LogP contribution in [0.3, 0.4) is 0 Å². The third-order valence-electron chi connectivity index (χ3n) is 4.96. The fraction of sp³-hybridized carbons (Fsp3) is 0.261. The zero-order valence-corrected chi connectivity index (χ0v) is 16.8. The molecule has 7 nitrogen and oxygen atoms in total. The minimum absolute atomic E-state index is 0.00818. The number of hydrogen-bond donors (Lipinski definition) is 1. The minimum Gasteiger partial charge on any atom is -0.452 e. The second-order valence-electron chi connectivity index (χ2n) is 7.19. The van der Waals surface area contributed by atoms with Gasteiger partial charge in [-0.2, -0.15) is 5.10 Å². The van der Waals surface area contributed by atoms with Crippen LogP contribution in [0.15, 0.2) is 60.8 Å². The molecule has 1 atom stereocenters. The molecule has 4 rings (SSSR count). The van der Waals surface area contributed by atoms with Crippen LogP contribution in [0.2, 0.25) is 0 Å². The van der Waals surface area contributed by atoms with Gasteiger partial charge in [0.15, 0.2) is 6.61 Å². The van der Waals surface area contributed by atoms with Crippen molar-refractivity contribution >= 4 is 11.9 Å². The van der Waals surface area contributed by atoms with Gasteiger partial charge in [0, 0.05) is 24.9 Å². The summed E-state index contributed by atoms with van der Waals surface area (Å²) in [6, 6.07) is 14.9. The second-order valence-corrected chi connectivity index (χ2v) is 7.19. The molecule has 0 radical (unpaired) electrons. The highest BCUT2D eigenvalue weighted by molar-refractivity contribution is 5.97. The van der Waals surface area contributed by atoms with Crippen LogP contribution in [0.4, 0.5) is 4.39 Å². The monoisotopic (exact) mass is 423 g/mol. The minimum atomic E-state index is -0.686. The Morgan fingerprint density at radius 2 is 1.94 bits per heavy atom. The Hall–Kier alpha value is -3.52. The summed E-state index contributed by atoms with van der Waals surface area (Å²) in [6.45, 7) is 0.682. The molecule has 0 saturated carbocycles. The second kappa shape index (κ2) is 9.53. The number of hydrogen-bond acceptors (Lipinski definition) is 5. The molecule has 1 aromatic heterocycles. The Balaban J connectivity index is 1.49. The summed E-state index contributed by atoms with van der Waals surface area (Å²) >= 11 is 0. The highest BCUT2D eigenvalue weighted by atomic mass is 19.1.